The number of oxime groups is 1. The lowest BCUT2D eigenvalue weighted by Crippen LogP contribution is -2.13. The van der Waals surface area contributed by atoms with Crippen molar-refractivity contribution in [2.45, 2.75) is 12.8 Å². The summed E-state index contributed by atoms with van der Waals surface area (Å²) in [6, 6.07) is 14.0. The summed E-state index contributed by atoms with van der Waals surface area (Å²) in [5.74, 6) is -1.18. The van der Waals surface area contributed by atoms with Crippen molar-refractivity contribution in [1.29, 1.82) is 0 Å². The molecular weight excluding hydrogens is 230 g/mol. The molecule has 0 atom stereocenters. The number of rotatable bonds is 4. The number of hydrogen-bond acceptors (Lipinski definition) is 3. The molecule has 0 radical (unpaired) electrons. The Morgan fingerprint density at radius 1 is 1.11 bits per heavy atom. The number of benzene rings is 2. The van der Waals surface area contributed by atoms with E-state index in [1.54, 1.807) is 0 Å². The number of hydrogen-bond donors (Lipinski definition) is 2. The molecule has 2 N–H and O–H groups in total. The first-order valence-corrected chi connectivity index (χ1v) is 5.62. The fourth-order valence-corrected chi connectivity index (χ4v) is 1.86. The van der Waals surface area contributed by atoms with E-state index in [0.29, 0.717) is 6.42 Å². The third-order valence-electron chi connectivity index (χ3n) is 2.83. The monoisotopic (exact) mass is 243 g/mol. The molecule has 0 aliphatic heterocycles. The molecule has 0 unspecified atom stereocenters. The molecule has 0 aliphatic carbocycles. The third kappa shape index (κ3) is 2.66. The van der Waals surface area contributed by atoms with Crippen LogP contribution in [0.4, 0.5) is 0 Å². The molecule has 0 spiro atoms. The molecule has 0 saturated carbocycles. The van der Waals surface area contributed by atoms with Gasteiger partial charge in [0, 0.05) is 6.42 Å². The maximum absolute atomic E-state index is 10.7. The maximum atomic E-state index is 10.7. The first-order chi connectivity index (χ1) is 8.70. The molecule has 0 bridgehead atoms. The Labute approximate surface area is 104 Å². The van der Waals surface area contributed by atoms with Gasteiger partial charge in [-0.2, -0.15) is 0 Å². The quantitative estimate of drug-likeness (QED) is 0.492. The van der Waals surface area contributed by atoms with Crippen LogP contribution in [0.25, 0.3) is 10.8 Å². The first-order valence-electron chi connectivity index (χ1n) is 5.62. The summed E-state index contributed by atoms with van der Waals surface area (Å²) in [7, 11) is 0. The van der Waals surface area contributed by atoms with E-state index in [4.69, 9.17) is 10.3 Å². The molecule has 0 aromatic heterocycles. The second-order valence-corrected chi connectivity index (χ2v) is 4.03. The molecule has 18 heavy (non-hydrogen) atoms. The van der Waals surface area contributed by atoms with Gasteiger partial charge in [-0.1, -0.05) is 47.6 Å². The van der Waals surface area contributed by atoms with Gasteiger partial charge in [0.05, 0.1) is 0 Å². The van der Waals surface area contributed by atoms with Crippen molar-refractivity contribution in [1.82, 2.24) is 0 Å². The molecule has 0 heterocycles. The van der Waals surface area contributed by atoms with Gasteiger partial charge in [0.1, 0.15) is 0 Å². The number of nitrogens with zero attached hydrogens (tertiary/aromatic N) is 1. The van der Waals surface area contributed by atoms with Crippen LogP contribution in [0.1, 0.15) is 12.0 Å². The van der Waals surface area contributed by atoms with Crippen LogP contribution in [0.15, 0.2) is 47.6 Å². The van der Waals surface area contributed by atoms with Crippen LogP contribution in [0.3, 0.4) is 0 Å². The zero-order valence-electron chi connectivity index (χ0n) is 9.71. The van der Waals surface area contributed by atoms with Crippen molar-refractivity contribution in [3.63, 3.8) is 0 Å². The van der Waals surface area contributed by atoms with E-state index in [9.17, 15) is 4.79 Å². The van der Waals surface area contributed by atoms with Gasteiger partial charge >= 0.3 is 5.97 Å². The minimum absolute atomic E-state index is 0.212. The largest absolute Gasteiger partial charge is 0.477 e. The molecule has 0 fully saturated rings. The number of carboxylic acids is 1. The zero-order valence-corrected chi connectivity index (χ0v) is 9.71. The fraction of sp³-hybridized carbons (Fsp3) is 0.143. The van der Waals surface area contributed by atoms with Crippen molar-refractivity contribution in [3.05, 3.63) is 48.0 Å². The van der Waals surface area contributed by atoms with E-state index in [1.807, 2.05) is 42.5 Å². The molecule has 0 aliphatic rings. The van der Waals surface area contributed by atoms with E-state index < -0.39 is 5.97 Å². The highest BCUT2D eigenvalue weighted by Gasteiger charge is 2.09. The van der Waals surface area contributed by atoms with E-state index in [0.717, 1.165) is 16.3 Å². The number of aliphatic carboxylic acids is 1. The highest BCUT2D eigenvalue weighted by Crippen LogP contribution is 2.16. The first kappa shape index (κ1) is 12.1. The van der Waals surface area contributed by atoms with Crippen molar-refractivity contribution >= 4 is 22.5 Å². The van der Waals surface area contributed by atoms with Crippen LogP contribution >= 0.6 is 0 Å². The van der Waals surface area contributed by atoms with E-state index >= 15 is 0 Å². The standard InChI is InChI=1S/C14H13NO3/c16-14(17)13(15-18)8-6-10-5-7-11-3-1-2-4-12(11)9-10/h1-5,7,9,18H,6,8H2,(H,16,17)/b15-13+. The van der Waals surface area contributed by atoms with Gasteiger partial charge in [0.15, 0.2) is 5.71 Å². The van der Waals surface area contributed by atoms with Crippen molar-refractivity contribution in [2.24, 2.45) is 5.16 Å². The van der Waals surface area contributed by atoms with Crippen molar-refractivity contribution in [3.8, 4) is 0 Å². The number of aryl methyl sites for hydroxylation is 1. The van der Waals surface area contributed by atoms with Crippen molar-refractivity contribution in [2.75, 3.05) is 0 Å². The summed E-state index contributed by atoms with van der Waals surface area (Å²) < 4.78 is 0. The lowest BCUT2D eigenvalue weighted by molar-refractivity contribution is -0.129. The molecule has 0 amide bonds. The molecule has 4 nitrogen and oxygen atoms in total. The lowest BCUT2D eigenvalue weighted by atomic mass is 10.0. The molecule has 2 aromatic carbocycles. The molecule has 2 rings (SSSR count). The Kier molecular flexibility index (Phi) is 3.57. The second kappa shape index (κ2) is 5.31. The Hall–Kier alpha value is -2.36. The summed E-state index contributed by atoms with van der Waals surface area (Å²) in [6.45, 7) is 0. The minimum atomic E-state index is -1.18. The Morgan fingerprint density at radius 2 is 1.83 bits per heavy atom. The molecular formula is C14H13NO3. The smallest absolute Gasteiger partial charge is 0.353 e. The number of carbonyl (C=O) groups is 1. The fourth-order valence-electron chi connectivity index (χ4n) is 1.86. The average molecular weight is 243 g/mol. The van der Waals surface area contributed by atoms with E-state index in [-0.39, 0.29) is 12.1 Å². The van der Waals surface area contributed by atoms with Gasteiger partial charge in [-0.3, -0.25) is 0 Å². The summed E-state index contributed by atoms with van der Waals surface area (Å²) in [5, 5.41) is 22.3. The summed E-state index contributed by atoms with van der Waals surface area (Å²) in [4.78, 5) is 10.7. The predicted octanol–water partition coefficient (Wildman–Crippen LogP) is 2.69. The second-order valence-electron chi connectivity index (χ2n) is 4.03. The van der Waals surface area contributed by atoms with Crippen LogP contribution in [0, 0.1) is 0 Å². The molecule has 92 valence electrons. The van der Waals surface area contributed by atoms with Gasteiger partial charge in [-0.25, -0.2) is 4.79 Å². The van der Waals surface area contributed by atoms with Gasteiger partial charge < -0.3 is 10.3 Å². The summed E-state index contributed by atoms with van der Waals surface area (Å²) in [5.41, 5.74) is 0.805. The van der Waals surface area contributed by atoms with E-state index in [1.165, 1.54) is 0 Å². The minimum Gasteiger partial charge on any atom is -0.477 e. The summed E-state index contributed by atoms with van der Waals surface area (Å²) >= 11 is 0. The predicted molar refractivity (Wildman–Crippen MR) is 69.1 cm³/mol. The lowest BCUT2D eigenvalue weighted by Gasteiger charge is -2.03. The zero-order chi connectivity index (χ0) is 13.0. The Bertz CT molecular complexity index is 605. The number of fused-ring (bicyclic) bond motifs is 1. The Morgan fingerprint density at radius 3 is 2.50 bits per heavy atom. The van der Waals surface area contributed by atoms with Crippen LogP contribution < -0.4 is 0 Å². The molecule has 4 heteroatoms. The van der Waals surface area contributed by atoms with Crippen LogP contribution in [0.2, 0.25) is 0 Å². The van der Waals surface area contributed by atoms with Gasteiger partial charge in [-0.05, 0) is 22.8 Å². The maximum Gasteiger partial charge on any atom is 0.353 e. The van der Waals surface area contributed by atoms with Gasteiger partial charge in [0.2, 0.25) is 0 Å². The van der Waals surface area contributed by atoms with Crippen LogP contribution in [-0.2, 0) is 11.2 Å². The highest BCUT2D eigenvalue weighted by atomic mass is 16.4. The topological polar surface area (TPSA) is 69.9 Å². The highest BCUT2D eigenvalue weighted by molar-refractivity contribution is 6.35. The van der Waals surface area contributed by atoms with Crippen molar-refractivity contribution < 1.29 is 15.1 Å². The van der Waals surface area contributed by atoms with Gasteiger partial charge in [0.25, 0.3) is 0 Å². The number of carboxylic acid groups (broad SMARTS) is 1. The van der Waals surface area contributed by atoms with Crippen LogP contribution in [-0.4, -0.2) is 22.0 Å². The van der Waals surface area contributed by atoms with E-state index in [2.05, 4.69) is 5.16 Å². The molecule has 2 aromatic rings. The Balaban J connectivity index is 2.15. The van der Waals surface area contributed by atoms with Gasteiger partial charge in [-0.15, -0.1) is 0 Å². The third-order valence-corrected chi connectivity index (χ3v) is 2.83. The summed E-state index contributed by atoms with van der Waals surface area (Å²) in [6.07, 6.45) is 0.751. The molecule has 0 saturated heterocycles. The van der Waals surface area contributed by atoms with Crippen LogP contribution in [0.5, 0.6) is 0 Å². The average Bonchev–Trinajstić information content (AvgIpc) is 2.39. The normalized spacial score (nSPS) is 11.7. The SMILES string of the molecule is O=C(O)/C(CCc1ccc2ccccc2c1)=N/O.